The topological polar surface area (TPSA) is 62.8 Å². The maximum atomic E-state index is 13.4. The van der Waals surface area contributed by atoms with Crippen LogP contribution in [-0.2, 0) is 11.3 Å². The maximum absolute atomic E-state index is 13.4. The molecule has 2 heterocycles. The van der Waals surface area contributed by atoms with Gasteiger partial charge in [0.05, 0.1) is 30.2 Å². The van der Waals surface area contributed by atoms with E-state index in [9.17, 15) is 4.79 Å². The molecule has 0 radical (unpaired) electrons. The van der Waals surface area contributed by atoms with Gasteiger partial charge in [-0.25, -0.2) is 0 Å². The first-order valence-electron chi connectivity index (χ1n) is 14.1. The number of carbonyl (C=O) groups is 1. The van der Waals surface area contributed by atoms with Crippen molar-refractivity contribution in [2.75, 3.05) is 23.8 Å². The predicted molar refractivity (Wildman–Crippen MR) is 159 cm³/mol. The lowest BCUT2D eigenvalue weighted by Crippen LogP contribution is -2.42. The molecule has 0 aliphatic carbocycles. The third-order valence-corrected chi connectivity index (χ3v) is 7.71. The molecule has 0 bridgehead atoms. The lowest BCUT2D eigenvalue weighted by molar-refractivity contribution is -0.110. The second kappa shape index (κ2) is 12.0. The minimum atomic E-state index is -0.155. The van der Waals surface area contributed by atoms with Crippen molar-refractivity contribution in [1.82, 2.24) is 4.90 Å². The van der Waals surface area contributed by atoms with Gasteiger partial charge >= 0.3 is 0 Å². The van der Waals surface area contributed by atoms with Crippen molar-refractivity contribution in [2.45, 2.75) is 65.6 Å². The average molecular weight is 526 g/mol. The Labute approximate surface area is 232 Å². The fourth-order valence-electron chi connectivity index (χ4n) is 5.68. The SMILES string of the molecule is CCOc1cc2c(cc1OCC)C(=C(Nc1ccc(CN3C(C)CCCC3C)cc1)c1ccccc1)C(=O)N2. The summed E-state index contributed by atoms with van der Waals surface area (Å²) < 4.78 is 11.7. The summed E-state index contributed by atoms with van der Waals surface area (Å²) >= 11 is 0. The molecule has 2 atom stereocenters. The first-order chi connectivity index (χ1) is 19.0. The van der Waals surface area contributed by atoms with Crippen LogP contribution in [0.15, 0.2) is 66.7 Å². The highest BCUT2D eigenvalue weighted by atomic mass is 16.5. The van der Waals surface area contributed by atoms with Gasteiger partial charge in [0.15, 0.2) is 11.5 Å². The van der Waals surface area contributed by atoms with E-state index in [0.717, 1.165) is 34.7 Å². The van der Waals surface area contributed by atoms with Gasteiger partial charge in [0.25, 0.3) is 5.91 Å². The molecule has 0 spiro atoms. The number of piperidine rings is 1. The molecule has 2 aliphatic heterocycles. The van der Waals surface area contributed by atoms with Crippen LogP contribution in [0.1, 0.15) is 63.6 Å². The summed E-state index contributed by atoms with van der Waals surface area (Å²) in [5.74, 6) is 1.10. The summed E-state index contributed by atoms with van der Waals surface area (Å²) in [7, 11) is 0. The highest BCUT2D eigenvalue weighted by molar-refractivity contribution is 6.37. The number of rotatable bonds is 9. The van der Waals surface area contributed by atoms with Crippen LogP contribution in [0.5, 0.6) is 11.5 Å². The molecule has 3 aromatic rings. The smallest absolute Gasteiger partial charge is 0.258 e. The quantitative estimate of drug-likeness (QED) is 0.290. The normalized spacial score (nSPS) is 20.3. The number of amides is 1. The number of benzene rings is 3. The van der Waals surface area contributed by atoms with Crippen molar-refractivity contribution in [3.63, 3.8) is 0 Å². The van der Waals surface area contributed by atoms with Crippen molar-refractivity contribution < 1.29 is 14.3 Å². The van der Waals surface area contributed by atoms with E-state index in [1.165, 1.54) is 24.8 Å². The van der Waals surface area contributed by atoms with E-state index in [0.29, 0.717) is 42.4 Å². The lowest BCUT2D eigenvalue weighted by Gasteiger charge is -2.39. The van der Waals surface area contributed by atoms with Crippen molar-refractivity contribution >= 4 is 28.6 Å². The zero-order valence-corrected chi connectivity index (χ0v) is 23.4. The average Bonchev–Trinajstić information content (AvgIpc) is 3.25. The van der Waals surface area contributed by atoms with Crippen LogP contribution < -0.4 is 20.1 Å². The number of fused-ring (bicyclic) bond motifs is 1. The second-order valence-corrected chi connectivity index (χ2v) is 10.4. The summed E-state index contributed by atoms with van der Waals surface area (Å²) in [4.78, 5) is 16.0. The van der Waals surface area contributed by atoms with Crippen LogP contribution in [-0.4, -0.2) is 36.1 Å². The van der Waals surface area contributed by atoms with Gasteiger partial charge in [-0.15, -0.1) is 0 Å². The summed E-state index contributed by atoms with van der Waals surface area (Å²) in [6, 6.07) is 23.6. The van der Waals surface area contributed by atoms with Gasteiger partial charge < -0.3 is 20.1 Å². The molecule has 2 unspecified atom stereocenters. The standard InChI is InChI=1S/C33H39N3O3/c1-5-38-29-19-27-28(20-30(29)39-6-2)35-33(37)31(27)32(25-13-8-7-9-14-25)34-26-17-15-24(16-18-26)21-36-22(3)11-10-12-23(36)4/h7-9,13-20,22-23,34H,5-6,10-12,21H2,1-4H3,(H,35,37). The second-order valence-electron chi connectivity index (χ2n) is 10.4. The molecule has 1 amide bonds. The first kappa shape index (κ1) is 26.8. The van der Waals surface area contributed by atoms with Crippen LogP contribution in [0, 0.1) is 0 Å². The number of likely N-dealkylation sites (tertiary alicyclic amines) is 1. The van der Waals surface area contributed by atoms with Gasteiger partial charge in [-0.05, 0) is 69.9 Å². The monoisotopic (exact) mass is 525 g/mol. The van der Waals surface area contributed by atoms with E-state index in [1.807, 2.05) is 56.3 Å². The van der Waals surface area contributed by atoms with Crippen molar-refractivity contribution in [3.8, 4) is 11.5 Å². The fraction of sp³-hybridized carbons (Fsp3) is 0.364. The van der Waals surface area contributed by atoms with Crippen molar-refractivity contribution in [3.05, 3.63) is 83.4 Å². The van der Waals surface area contributed by atoms with E-state index in [4.69, 9.17) is 9.47 Å². The van der Waals surface area contributed by atoms with Crippen LogP contribution in [0.2, 0.25) is 0 Å². The van der Waals surface area contributed by atoms with Crippen LogP contribution in [0.25, 0.3) is 11.3 Å². The first-order valence-corrected chi connectivity index (χ1v) is 14.1. The molecule has 39 heavy (non-hydrogen) atoms. The van der Waals surface area contributed by atoms with Crippen LogP contribution >= 0.6 is 0 Å². The number of ether oxygens (including phenoxy) is 2. The molecule has 6 heteroatoms. The maximum Gasteiger partial charge on any atom is 0.258 e. The Morgan fingerprint density at radius 2 is 1.56 bits per heavy atom. The minimum Gasteiger partial charge on any atom is -0.490 e. The highest BCUT2D eigenvalue weighted by Gasteiger charge is 2.31. The Balaban J connectivity index is 1.50. The third-order valence-electron chi connectivity index (χ3n) is 7.71. The van der Waals surface area contributed by atoms with E-state index in [1.54, 1.807) is 0 Å². The number of nitrogens with one attached hydrogen (secondary N) is 2. The van der Waals surface area contributed by atoms with Gasteiger partial charge in [0, 0.05) is 35.9 Å². The number of anilines is 2. The van der Waals surface area contributed by atoms with Crippen molar-refractivity contribution in [1.29, 1.82) is 0 Å². The fourth-order valence-corrected chi connectivity index (χ4v) is 5.68. The van der Waals surface area contributed by atoms with Gasteiger partial charge in [0.2, 0.25) is 0 Å². The summed E-state index contributed by atoms with van der Waals surface area (Å²) in [6.45, 7) is 10.5. The Kier molecular flexibility index (Phi) is 8.22. The minimum absolute atomic E-state index is 0.155. The highest BCUT2D eigenvalue weighted by Crippen LogP contribution is 2.43. The van der Waals surface area contributed by atoms with Crippen LogP contribution in [0.3, 0.4) is 0 Å². The van der Waals surface area contributed by atoms with E-state index < -0.39 is 0 Å². The van der Waals surface area contributed by atoms with E-state index in [-0.39, 0.29) is 5.91 Å². The summed E-state index contributed by atoms with van der Waals surface area (Å²) in [5.41, 5.74) is 6.01. The molecule has 1 saturated heterocycles. The van der Waals surface area contributed by atoms with Crippen molar-refractivity contribution in [2.24, 2.45) is 0 Å². The number of nitrogens with zero attached hydrogens (tertiary/aromatic N) is 1. The van der Waals surface area contributed by atoms with E-state index in [2.05, 4.69) is 53.6 Å². The molecule has 0 aromatic heterocycles. The van der Waals surface area contributed by atoms with Gasteiger partial charge in [-0.3, -0.25) is 9.69 Å². The largest absolute Gasteiger partial charge is 0.490 e. The molecule has 5 rings (SSSR count). The van der Waals surface area contributed by atoms with Gasteiger partial charge in [-0.2, -0.15) is 0 Å². The molecular formula is C33H39N3O3. The van der Waals surface area contributed by atoms with Gasteiger partial charge in [-0.1, -0.05) is 48.9 Å². The Bertz CT molecular complexity index is 1320. The number of hydrogen-bond donors (Lipinski definition) is 2. The zero-order chi connectivity index (χ0) is 27.4. The van der Waals surface area contributed by atoms with E-state index >= 15 is 0 Å². The molecule has 6 nitrogen and oxygen atoms in total. The number of carbonyl (C=O) groups excluding carboxylic acids is 1. The Hall–Kier alpha value is -3.77. The zero-order valence-electron chi connectivity index (χ0n) is 23.4. The summed E-state index contributed by atoms with van der Waals surface area (Å²) in [5, 5.41) is 6.62. The predicted octanol–water partition coefficient (Wildman–Crippen LogP) is 7.18. The molecule has 1 fully saturated rings. The van der Waals surface area contributed by atoms with Crippen LogP contribution in [0.4, 0.5) is 11.4 Å². The molecule has 0 saturated carbocycles. The molecular weight excluding hydrogens is 486 g/mol. The Morgan fingerprint density at radius 3 is 2.21 bits per heavy atom. The lowest BCUT2D eigenvalue weighted by atomic mass is 9.96. The molecule has 2 N–H and O–H groups in total. The number of hydrogen-bond acceptors (Lipinski definition) is 5. The Morgan fingerprint density at radius 1 is 0.923 bits per heavy atom. The summed E-state index contributed by atoms with van der Waals surface area (Å²) in [6.07, 6.45) is 3.84. The van der Waals surface area contributed by atoms with Gasteiger partial charge in [0.1, 0.15) is 0 Å². The molecule has 3 aromatic carbocycles. The molecule has 2 aliphatic rings. The third kappa shape index (κ3) is 5.81. The molecule has 204 valence electrons.